The molecule has 7 heteroatoms. The molecule has 1 aromatic carbocycles. The number of primary amides is 1. The number of rotatable bonds is 7. The van der Waals surface area contributed by atoms with Gasteiger partial charge in [-0.1, -0.05) is 6.07 Å². The molecule has 0 spiro atoms. The molecule has 0 saturated carbocycles. The highest BCUT2D eigenvalue weighted by molar-refractivity contribution is 5.74. The minimum atomic E-state index is -0.374. The Labute approximate surface area is 151 Å². The lowest BCUT2D eigenvalue weighted by atomic mass is 10.1. The van der Waals surface area contributed by atoms with Crippen molar-refractivity contribution in [1.82, 2.24) is 15.0 Å². The van der Waals surface area contributed by atoms with Gasteiger partial charge >= 0.3 is 0 Å². The van der Waals surface area contributed by atoms with Crippen LogP contribution in [0.4, 0.5) is 5.82 Å². The molecule has 0 aliphatic heterocycles. The van der Waals surface area contributed by atoms with Gasteiger partial charge in [0, 0.05) is 24.7 Å². The predicted octanol–water partition coefficient (Wildman–Crippen LogP) is 2.93. The number of nitrogens with two attached hydrogens (primary N) is 1. The lowest BCUT2D eigenvalue weighted by Crippen LogP contribution is -2.16. The fourth-order valence-corrected chi connectivity index (χ4v) is 2.25. The van der Waals surface area contributed by atoms with Crippen LogP contribution >= 0.6 is 0 Å². The van der Waals surface area contributed by atoms with Gasteiger partial charge in [-0.2, -0.15) is 4.98 Å². The maximum atomic E-state index is 10.8. The zero-order chi connectivity index (χ0) is 18.4. The number of amides is 1. The van der Waals surface area contributed by atoms with Crippen molar-refractivity contribution < 1.29 is 9.53 Å². The van der Waals surface area contributed by atoms with Crippen LogP contribution in [0.25, 0.3) is 11.3 Å². The first-order chi connectivity index (χ1) is 12.6. The molecule has 0 saturated heterocycles. The first kappa shape index (κ1) is 17.3. The molecular formula is C19H19N5O2. The molecule has 0 unspecified atom stereocenters. The molecule has 3 aromatic rings. The molecule has 3 rings (SSSR count). The lowest BCUT2D eigenvalue weighted by molar-refractivity contribution is -0.117. The number of carbonyl (C=O) groups is 1. The minimum absolute atomic E-state index is 0.223. The van der Waals surface area contributed by atoms with E-state index in [2.05, 4.69) is 20.3 Å². The number of aromatic nitrogens is 3. The number of benzene rings is 1. The molecular weight excluding hydrogens is 330 g/mol. The molecule has 0 radical (unpaired) electrons. The zero-order valence-corrected chi connectivity index (χ0v) is 14.3. The van der Waals surface area contributed by atoms with Gasteiger partial charge in [-0.3, -0.25) is 14.8 Å². The summed E-state index contributed by atoms with van der Waals surface area (Å²) >= 11 is 0. The summed E-state index contributed by atoms with van der Waals surface area (Å²) in [5.74, 6) is 1.14. The van der Waals surface area contributed by atoms with Gasteiger partial charge in [0.15, 0.2) is 0 Å². The Kier molecular flexibility index (Phi) is 5.38. The van der Waals surface area contributed by atoms with Crippen molar-refractivity contribution in [2.75, 3.05) is 11.9 Å². The van der Waals surface area contributed by atoms with Gasteiger partial charge < -0.3 is 15.8 Å². The van der Waals surface area contributed by atoms with Crippen LogP contribution < -0.4 is 15.8 Å². The number of nitrogens with one attached hydrogen (secondary N) is 1. The van der Waals surface area contributed by atoms with Crippen molar-refractivity contribution in [3.8, 4) is 22.9 Å². The largest absolute Gasteiger partial charge is 0.437 e. The number of ether oxygens (including phenoxy) is 1. The van der Waals surface area contributed by atoms with Gasteiger partial charge in [-0.05, 0) is 42.8 Å². The number of hydrogen-bond acceptors (Lipinski definition) is 6. The highest BCUT2D eigenvalue weighted by Gasteiger charge is 2.04. The molecule has 0 aliphatic rings. The molecule has 7 nitrogen and oxygen atoms in total. The van der Waals surface area contributed by atoms with Crippen LogP contribution in [0.15, 0.2) is 55.0 Å². The second-order valence-corrected chi connectivity index (χ2v) is 5.73. The summed E-state index contributed by atoms with van der Waals surface area (Å²) in [6.07, 6.45) is 5.14. The third kappa shape index (κ3) is 4.76. The standard InChI is InChI=1S/C19H19N5O2/c1-13-2-7-16(23-10-13)14-3-5-15(6-4-14)26-19-12-21-11-18(24-19)22-9-8-17(20)25/h2-7,10-12H,8-9H2,1H3,(H2,20,25)(H,22,24). The van der Waals surface area contributed by atoms with Crippen LogP contribution in [0.5, 0.6) is 11.6 Å². The predicted molar refractivity (Wildman–Crippen MR) is 98.8 cm³/mol. The van der Waals surface area contributed by atoms with Crippen LogP contribution in [0.3, 0.4) is 0 Å². The van der Waals surface area contributed by atoms with Gasteiger partial charge in [0.2, 0.25) is 11.8 Å². The number of anilines is 1. The summed E-state index contributed by atoms with van der Waals surface area (Å²) in [7, 11) is 0. The first-order valence-corrected chi connectivity index (χ1v) is 8.15. The summed E-state index contributed by atoms with van der Waals surface area (Å²) in [4.78, 5) is 23.5. The fraction of sp³-hybridized carbons (Fsp3) is 0.158. The van der Waals surface area contributed by atoms with Crippen LogP contribution in [0, 0.1) is 6.92 Å². The molecule has 0 aliphatic carbocycles. The van der Waals surface area contributed by atoms with Crippen molar-refractivity contribution in [3.05, 3.63) is 60.6 Å². The van der Waals surface area contributed by atoms with Crippen LogP contribution in [-0.4, -0.2) is 27.4 Å². The summed E-state index contributed by atoms with van der Waals surface area (Å²) in [6.45, 7) is 2.40. The number of nitrogens with zero attached hydrogens (tertiary/aromatic N) is 3. The second kappa shape index (κ2) is 8.06. The van der Waals surface area contributed by atoms with Crippen LogP contribution in [-0.2, 0) is 4.79 Å². The van der Waals surface area contributed by atoms with Gasteiger partial charge in [0.25, 0.3) is 0 Å². The van der Waals surface area contributed by atoms with Gasteiger partial charge in [0.1, 0.15) is 11.6 Å². The summed E-state index contributed by atoms with van der Waals surface area (Å²) in [5, 5.41) is 2.97. The van der Waals surface area contributed by atoms with Crippen molar-refractivity contribution in [1.29, 1.82) is 0 Å². The molecule has 2 aromatic heterocycles. The molecule has 26 heavy (non-hydrogen) atoms. The number of carbonyl (C=O) groups excluding carboxylic acids is 1. The summed E-state index contributed by atoms with van der Waals surface area (Å²) < 4.78 is 5.73. The third-order valence-corrected chi connectivity index (χ3v) is 3.57. The number of aryl methyl sites for hydroxylation is 1. The highest BCUT2D eigenvalue weighted by Crippen LogP contribution is 2.24. The Hall–Kier alpha value is -3.48. The monoisotopic (exact) mass is 349 g/mol. The Morgan fingerprint density at radius 3 is 2.62 bits per heavy atom. The van der Waals surface area contributed by atoms with Crippen molar-refractivity contribution >= 4 is 11.7 Å². The van der Waals surface area contributed by atoms with E-state index in [1.165, 1.54) is 6.20 Å². The van der Waals surface area contributed by atoms with E-state index in [1.54, 1.807) is 6.20 Å². The van der Waals surface area contributed by atoms with Crippen LogP contribution in [0.2, 0.25) is 0 Å². The molecule has 0 atom stereocenters. The van der Waals surface area contributed by atoms with Crippen molar-refractivity contribution in [3.63, 3.8) is 0 Å². The summed E-state index contributed by atoms with van der Waals surface area (Å²) in [6, 6.07) is 11.6. The van der Waals surface area contributed by atoms with Crippen LogP contribution in [0.1, 0.15) is 12.0 Å². The molecule has 1 amide bonds. The minimum Gasteiger partial charge on any atom is -0.437 e. The smallest absolute Gasteiger partial charge is 0.239 e. The topological polar surface area (TPSA) is 103 Å². The van der Waals surface area contributed by atoms with E-state index in [4.69, 9.17) is 10.5 Å². The number of hydrogen-bond donors (Lipinski definition) is 2. The Bertz CT molecular complexity index is 879. The third-order valence-electron chi connectivity index (χ3n) is 3.57. The van der Waals surface area contributed by atoms with E-state index in [9.17, 15) is 4.79 Å². The Morgan fingerprint density at radius 1 is 1.12 bits per heavy atom. The zero-order valence-electron chi connectivity index (χ0n) is 14.3. The van der Waals surface area contributed by atoms with Crippen molar-refractivity contribution in [2.45, 2.75) is 13.3 Å². The van der Waals surface area contributed by atoms with E-state index in [0.29, 0.717) is 24.0 Å². The van der Waals surface area contributed by atoms with E-state index in [0.717, 1.165) is 16.8 Å². The Morgan fingerprint density at radius 2 is 1.92 bits per heavy atom. The molecule has 0 bridgehead atoms. The van der Waals surface area contributed by atoms with E-state index >= 15 is 0 Å². The highest BCUT2D eigenvalue weighted by atomic mass is 16.5. The Balaban J connectivity index is 1.65. The van der Waals surface area contributed by atoms with E-state index < -0.39 is 0 Å². The normalized spacial score (nSPS) is 10.3. The average molecular weight is 349 g/mol. The molecule has 132 valence electrons. The quantitative estimate of drug-likeness (QED) is 0.680. The SMILES string of the molecule is Cc1ccc(-c2ccc(Oc3cncc(NCCC(N)=O)n3)cc2)nc1. The maximum absolute atomic E-state index is 10.8. The second-order valence-electron chi connectivity index (χ2n) is 5.73. The maximum Gasteiger partial charge on any atom is 0.239 e. The summed E-state index contributed by atoms with van der Waals surface area (Å²) in [5.41, 5.74) is 8.14. The van der Waals surface area contributed by atoms with Gasteiger partial charge in [-0.25, -0.2) is 0 Å². The molecule has 0 fully saturated rings. The molecule has 2 heterocycles. The van der Waals surface area contributed by atoms with Crippen molar-refractivity contribution in [2.24, 2.45) is 5.73 Å². The van der Waals surface area contributed by atoms with Gasteiger partial charge in [0.05, 0.1) is 18.1 Å². The van der Waals surface area contributed by atoms with E-state index in [1.807, 2.05) is 49.5 Å². The number of pyridine rings is 1. The van der Waals surface area contributed by atoms with E-state index in [-0.39, 0.29) is 12.3 Å². The fourth-order valence-electron chi connectivity index (χ4n) is 2.25. The lowest BCUT2D eigenvalue weighted by Gasteiger charge is -2.08. The van der Waals surface area contributed by atoms with Gasteiger partial charge in [-0.15, -0.1) is 0 Å². The average Bonchev–Trinajstić information content (AvgIpc) is 2.63. The molecule has 3 N–H and O–H groups in total. The first-order valence-electron chi connectivity index (χ1n) is 8.15.